The molecule has 1 heterocycles. The Morgan fingerprint density at radius 2 is 1.33 bits per heavy atom. The molecule has 0 amide bonds. The molecule has 5 heteroatoms. The Balaban J connectivity index is 2.07. The number of halogens is 4. The first-order valence-electron chi connectivity index (χ1n) is 5.26. The maximum atomic E-state index is 13.0. The smallest absolute Gasteiger partial charge is 0.301 e. The molecular formula is C10H15F4N. The zero-order valence-corrected chi connectivity index (χ0v) is 8.86. The van der Waals surface area contributed by atoms with Crippen LogP contribution in [0, 0.1) is 5.41 Å². The molecule has 0 aromatic carbocycles. The molecule has 0 bridgehead atoms. The van der Waals surface area contributed by atoms with E-state index in [1.807, 2.05) is 18.7 Å². The Labute approximate surface area is 86.4 Å². The zero-order chi connectivity index (χ0) is 11.5. The summed E-state index contributed by atoms with van der Waals surface area (Å²) in [4.78, 5) is 1.97. The minimum Gasteiger partial charge on any atom is -0.301 e. The molecule has 1 saturated carbocycles. The summed E-state index contributed by atoms with van der Waals surface area (Å²) >= 11 is 0. The Kier molecular flexibility index (Phi) is 2.14. The molecule has 0 atom stereocenters. The minimum absolute atomic E-state index is 0.0921. The van der Waals surface area contributed by atoms with E-state index >= 15 is 0 Å². The summed E-state index contributed by atoms with van der Waals surface area (Å²) in [5.74, 6) is -7.55. The van der Waals surface area contributed by atoms with Crippen molar-refractivity contribution in [1.82, 2.24) is 4.90 Å². The average Bonchev–Trinajstić information content (AvgIpc) is 2.46. The van der Waals surface area contributed by atoms with Crippen molar-refractivity contribution in [2.45, 2.75) is 44.6 Å². The highest BCUT2D eigenvalue weighted by molar-refractivity contribution is 5.26. The van der Waals surface area contributed by atoms with Crippen molar-refractivity contribution in [3.63, 3.8) is 0 Å². The lowest BCUT2D eigenvalue weighted by Gasteiger charge is -2.34. The lowest BCUT2D eigenvalue weighted by atomic mass is 9.91. The van der Waals surface area contributed by atoms with Gasteiger partial charge in [0.1, 0.15) is 5.41 Å². The van der Waals surface area contributed by atoms with E-state index < -0.39 is 17.3 Å². The Morgan fingerprint density at radius 3 is 1.60 bits per heavy atom. The maximum Gasteiger partial charge on any atom is 0.322 e. The molecule has 2 aliphatic rings. The normalized spacial score (nSPS) is 32.2. The van der Waals surface area contributed by atoms with Crippen LogP contribution in [0.3, 0.4) is 0 Å². The van der Waals surface area contributed by atoms with E-state index in [0.717, 1.165) is 0 Å². The van der Waals surface area contributed by atoms with Gasteiger partial charge in [0.2, 0.25) is 0 Å². The monoisotopic (exact) mass is 225 g/mol. The van der Waals surface area contributed by atoms with Gasteiger partial charge in [0.25, 0.3) is 0 Å². The predicted molar refractivity (Wildman–Crippen MR) is 48.3 cm³/mol. The zero-order valence-electron chi connectivity index (χ0n) is 8.86. The van der Waals surface area contributed by atoms with Gasteiger partial charge < -0.3 is 4.90 Å². The molecular weight excluding hydrogens is 210 g/mol. The summed E-state index contributed by atoms with van der Waals surface area (Å²) in [7, 11) is 0. The molecule has 0 radical (unpaired) electrons. The van der Waals surface area contributed by atoms with Gasteiger partial charge in [0, 0.05) is 6.04 Å². The summed E-state index contributed by atoms with van der Waals surface area (Å²) in [6.45, 7) is 4.59. The average molecular weight is 225 g/mol. The summed E-state index contributed by atoms with van der Waals surface area (Å²) in [6, 6.07) is 0.239. The summed E-state index contributed by atoms with van der Waals surface area (Å²) in [6.07, 6.45) is -0.184. The molecule has 1 aliphatic heterocycles. The lowest BCUT2D eigenvalue weighted by Crippen LogP contribution is -2.41. The molecule has 15 heavy (non-hydrogen) atoms. The van der Waals surface area contributed by atoms with Crippen LogP contribution in [0.5, 0.6) is 0 Å². The van der Waals surface area contributed by atoms with Crippen LogP contribution in [0.2, 0.25) is 0 Å². The number of hydrogen-bond acceptors (Lipinski definition) is 1. The number of nitrogens with zero attached hydrogens (tertiary/aromatic N) is 1. The second kappa shape index (κ2) is 2.87. The SMILES string of the molecule is CC(C)N1CCC2(CC1)C(F)(F)C2(F)F. The number of piperidine rings is 1. The van der Waals surface area contributed by atoms with Crippen molar-refractivity contribution in [3.05, 3.63) is 0 Å². The van der Waals surface area contributed by atoms with Gasteiger partial charge in [-0.25, -0.2) is 0 Å². The molecule has 2 fully saturated rings. The second-order valence-electron chi connectivity index (χ2n) is 4.86. The number of rotatable bonds is 1. The van der Waals surface area contributed by atoms with Crippen molar-refractivity contribution in [2.75, 3.05) is 13.1 Å². The molecule has 1 saturated heterocycles. The molecule has 2 rings (SSSR count). The van der Waals surface area contributed by atoms with Crippen LogP contribution in [0.1, 0.15) is 26.7 Å². The van der Waals surface area contributed by atoms with Crippen LogP contribution in [0.4, 0.5) is 17.6 Å². The van der Waals surface area contributed by atoms with Gasteiger partial charge in [0.05, 0.1) is 0 Å². The maximum absolute atomic E-state index is 13.0. The first-order chi connectivity index (χ1) is 6.76. The van der Waals surface area contributed by atoms with Gasteiger partial charge in [-0.1, -0.05) is 0 Å². The number of alkyl halides is 4. The van der Waals surface area contributed by atoms with Gasteiger partial charge in [-0.2, -0.15) is 17.6 Å². The van der Waals surface area contributed by atoms with E-state index in [9.17, 15) is 17.6 Å². The van der Waals surface area contributed by atoms with Gasteiger partial charge in [-0.05, 0) is 39.8 Å². The van der Waals surface area contributed by atoms with E-state index in [1.54, 1.807) is 0 Å². The fourth-order valence-electron chi connectivity index (χ4n) is 2.57. The lowest BCUT2D eigenvalue weighted by molar-refractivity contribution is -0.0278. The van der Waals surface area contributed by atoms with Gasteiger partial charge in [-0.3, -0.25) is 0 Å². The van der Waals surface area contributed by atoms with Crippen molar-refractivity contribution < 1.29 is 17.6 Å². The van der Waals surface area contributed by atoms with Crippen molar-refractivity contribution >= 4 is 0 Å². The van der Waals surface area contributed by atoms with Crippen LogP contribution in [0.15, 0.2) is 0 Å². The van der Waals surface area contributed by atoms with Crippen molar-refractivity contribution in [2.24, 2.45) is 5.41 Å². The third kappa shape index (κ3) is 1.13. The van der Waals surface area contributed by atoms with Crippen LogP contribution in [0.25, 0.3) is 0 Å². The van der Waals surface area contributed by atoms with Crippen LogP contribution < -0.4 is 0 Å². The quantitative estimate of drug-likeness (QED) is 0.620. The molecule has 88 valence electrons. The van der Waals surface area contributed by atoms with E-state index in [4.69, 9.17) is 0 Å². The Hall–Kier alpha value is -0.320. The Bertz CT molecular complexity index is 251. The first-order valence-corrected chi connectivity index (χ1v) is 5.26. The topological polar surface area (TPSA) is 3.24 Å². The third-order valence-electron chi connectivity index (χ3n) is 3.92. The van der Waals surface area contributed by atoms with E-state index in [1.165, 1.54) is 0 Å². The fraction of sp³-hybridized carbons (Fsp3) is 1.00. The summed E-state index contributed by atoms with van der Waals surface area (Å²) < 4.78 is 52.0. The predicted octanol–water partition coefficient (Wildman–Crippen LogP) is 2.76. The van der Waals surface area contributed by atoms with E-state index in [0.29, 0.717) is 13.1 Å². The summed E-state index contributed by atoms with van der Waals surface area (Å²) in [5.41, 5.74) is -2.02. The highest BCUT2D eigenvalue weighted by Gasteiger charge is 2.95. The molecule has 0 unspecified atom stereocenters. The molecule has 1 aliphatic carbocycles. The van der Waals surface area contributed by atoms with Crippen LogP contribution >= 0.6 is 0 Å². The largest absolute Gasteiger partial charge is 0.322 e. The molecule has 1 nitrogen and oxygen atoms in total. The number of hydrogen-bond donors (Lipinski definition) is 0. The first kappa shape index (κ1) is 11.2. The molecule has 0 aromatic heterocycles. The summed E-state index contributed by atoms with van der Waals surface area (Å²) in [5, 5.41) is 0. The fourth-order valence-corrected chi connectivity index (χ4v) is 2.57. The third-order valence-corrected chi connectivity index (χ3v) is 3.92. The van der Waals surface area contributed by atoms with Crippen LogP contribution in [-0.4, -0.2) is 35.9 Å². The minimum atomic E-state index is -3.77. The second-order valence-corrected chi connectivity index (χ2v) is 4.86. The Morgan fingerprint density at radius 1 is 0.933 bits per heavy atom. The highest BCUT2D eigenvalue weighted by atomic mass is 19.3. The van der Waals surface area contributed by atoms with Gasteiger partial charge in [0.15, 0.2) is 0 Å². The van der Waals surface area contributed by atoms with Crippen LogP contribution in [-0.2, 0) is 0 Å². The van der Waals surface area contributed by atoms with Crippen molar-refractivity contribution in [1.29, 1.82) is 0 Å². The highest BCUT2D eigenvalue weighted by Crippen LogP contribution is 2.76. The molecule has 0 aromatic rings. The van der Waals surface area contributed by atoms with E-state index in [2.05, 4.69) is 0 Å². The van der Waals surface area contributed by atoms with E-state index in [-0.39, 0.29) is 18.9 Å². The molecule has 0 N–H and O–H groups in total. The van der Waals surface area contributed by atoms with Gasteiger partial charge >= 0.3 is 11.8 Å². The standard InChI is InChI=1S/C10H15F4N/c1-7(2)15-5-3-8(4-6-15)9(11,12)10(8,13)14/h7H,3-6H2,1-2H3. The van der Waals surface area contributed by atoms with Gasteiger partial charge in [-0.15, -0.1) is 0 Å². The number of likely N-dealkylation sites (tertiary alicyclic amines) is 1. The molecule has 1 spiro atoms. The van der Waals surface area contributed by atoms with Crippen molar-refractivity contribution in [3.8, 4) is 0 Å².